The molecule has 3 heteroatoms. The predicted molar refractivity (Wildman–Crippen MR) is 64.4 cm³/mol. The third-order valence-electron chi connectivity index (χ3n) is 2.21. The van der Waals surface area contributed by atoms with Gasteiger partial charge < -0.3 is 0 Å². The number of rotatable bonds is 1. The Morgan fingerprint density at radius 1 is 1.00 bits per heavy atom. The summed E-state index contributed by atoms with van der Waals surface area (Å²) >= 11 is 11.9. The van der Waals surface area contributed by atoms with Crippen LogP contribution >= 0.6 is 23.2 Å². The summed E-state index contributed by atoms with van der Waals surface area (Å²) in [5, 5.41) is 0.845. The van der Waals surface area contributed by atoms with E-state index in [1.807, 2.05) is 37.3 Å². The molecule has 0 amide bonds. The van der Waals surface area contributed by atoms with E-state index >= 15 is 0 Å². The standard InChI is InChI=1S/C12H9Cl2N/c1-8-2-4-9(5-3-8)10-6-7-15-12(14)11(10)13/h2-7H,1H3. The van der Waals surface area contributed by atoms with Crippen molar-refractivity contribution in [3.8, 4) is 11.1 Å². The minimum atomic E-state index is 0.342. The van der Waals surface area contributed by atoms with E-state index in [1.54, 1.807) is 6.20 Å². The van der Waals surface area contributed by atoms with E-state index < -0.39 is 0 Å². The van der Waals surface area contributed by atoms with Crippen molar-refractivity contribution in [1.82, 2.24) is 4.98 Å². The summed E-state index contributed by atoms with van der Waals surface area (Å²) in [7, 11) is 0. The van der Waals surface area contributed by atoms with Gasteiger partial charge in [0.25, 0.3) is 0 Å². The lowest BCUT2D eigenvalue weighted by Crippen LogP contribution is -1.83. The van der Waals surface area contributed by atoms with Gasteiger partial charge in [-0.2, -0.15) is 0 Å². The average molecular weight is 238 g/mol. The van der Waals surface area contributed by atoms with Crippen molar-refractivity contribution in [3.05, 3.63) is 52.3 Å². The molecule has 0 bridgehead atoms. The van der Waals surface area contributed by atoms with Crippen molar-refractivity contribution in [2.45, 2.75) is 6.92 Å². The SMILES string of the molecule is Cc1ccc(-c2ccnc(Cl)c2Cl)cc1. The molecule has 0 aliphatic heterocycles. The molecule has 0 radical (unpaired) electrons. The highest BCUT2D eigenvalue weighted by Gasteiger charge is 2.06. The molecule has 15 heavy (non-hydrogen) atoms. The molecule has 1 nitrogen and oxygen atoms in total. The van der Waals surface area contributed by atoms with Crippen molar-refractivity contribution in [1.29, 1.82) is 0 Å². The first kappa shape index (κ1) is 10.5. The Bertz CT molecular complexity index is 477. The summed E-state index contributed by atoms with van der Waals surface area (Å²) in [6.45, 7) is 2.05. The molecule has 76 valence electrons. The van der Waals surface area contributed by atoms with Crippen molar-refractivity contribution >= 4 is 23.2 Å². The van der Waals surface area contributed by atoms with Gasteiger partial charge in [-0.3, -0.25) is 0 Å². The van der Waals surface area contributed by atoms with E-state index in [-0.39, 0.29) is 0 Å². The van der Waals surface area contributed by atoms with Crippen molar-refractivity contribution in [3.63, 3.8) is 0 Å². The Kier molecular flexibility index (Phi) is 2.94. The summed E-state index contributed by atoms with van der Waals surface area (Å²) in [6.07, 6.45) is 1.66. The molecule has 0 fully saturated rings. The molecule has 0 atom stereocenters. The fraction of sp³-hybridized carbons (Fsp3) is 0.0833. The summed E-state index contributed by atoms with van der Waals surface area (Å²) in [4.78, 5) is 3.92. The number of halogens is 2. The lowest BCUT2D eigenvalue weighted by Gasteiger charge is -2.05. The summed E-state index contributed by atoms with van der Waals surface area (Å²) < 4.78 is 0. The smallest absolute Gasteiger partial charge is 0.148 e. The van der Waals surface area contributed by atoms with E-state index in [4.69, 9.17) is 23.2 Å². The molecule has 1 heterocycles. The van der Waals surface area contributed by atoms with Gasteiger partial charge in [-0.1, -0.05) is 53.0 Å². The van der Waals surface area contributed by atoms with E-state index in [2.05, 4.69) is 4.98 Å². The average Bonchev–Trinajstić information content (AvgIpc) is 2.24. The monoisotopic (exact) mass is 237 g/mol. The van der Waals surface area contributed by atoms with Crippen LogP contribution in [0, 0.1) is 6.92 Å². The zero-order valence-electron chi connectivity index (χ0n) is 8.17. The molecule has 0 saturated heterocycles. The van der Waals surface area contributed by atoms with Gasteiger partial charge in [0.2, 0.25) is 0 Å². The van der Waals surface area contributed by atoms with Crippen LogP contribution in [0.3, 0.4) is 0 Å². The second-order valence-electron chi connectivity index (χ2n) is 3.33. The largest absolute Gasteiger partial charge is 0.243 e. The molecular weight excluding hydrogens is 229 g/mol. The first-order valence-corrected chi connectivity index (χ1v) is 5.31. The van der Waals surface area contributed by atoms with Crippen LogP contribution in [0.25, 0.3) is 11.1 Å². The third-order valence-corrected chi connectivity index (χ3v) is 2.98. The molecule has 0 saturated carbocycles. The van der Waals surface area contributed by atoms with E-state index in [1.165, 1.54) is 5.56 Å². The zero-order chi connectivity index (χ0) is 10.8. The van der Waals surface area contributed by atoms with Gasteiger partial charge >= 0.3 is 0 Å². The number of hydrogen-bond donors (Lipinski definition) is 0. The van der Waals surface area contributed by atoms with Gasteiger partial charge in [0.15, 0.2) is 0 Å². The quantitative estimate of drug-likeness (QED) is 0.672. The molecule has 0 aliphatic rings. The molecule has 1 aromatic carbocycles. The summed E-state index contributed by atoms with van der Waals surface area (Å²) in [5.41, 5.74) is 3.18. The zero-order valence-corrected chi connectivity index (χ0v) is 9.68. The summed E-state index contributed by atoms with van der Waals surface area (Å²) in [5.74, 6) is 0. The molecule has 1 aromatic heterocycles. The van der Waals surface area contributed by atoms with Gasteiger partial charge in [-0.15, -0.1) is 0 Å². The fourth-order valence-electron chi connectivity index (χ4n) is 1.37. The second kappa shape index (κ2) is 4.21. The van der Waals surface area contributed by atoms with E-state index in [0.717, 1.165) is 11.1 Å². The van der Waals surface area contributed by atoms with Crippen molar-refractivity contribution in [2.24, 2.45) is 0 Å². The Morgan fingerprint density at radius 2 is 1.67 bits per heavy atom. The molecule has 0 aliphatic carbocycles. The number of pyridine rings is 1. The van der Waals surface area contributed by atoms with Crippen LogP contribution in [0.5, 0.6) is 0 Å². The normalized spacial score (nSPS) is 10.3. The Morgan fingerprint density at radius 3 is 2.33 bits per heavy atom. The Balaban J connectivity index is 2.54. The predicted octanol–water partition coefficient (Wildman–Crippen LogP) is 4.36. The maximum atomic E-state index is 6.07. The highest BCUT2D eigenvalue weighted by molar-refractivity contribution is 6.42. The first-order chi connectivity index (χ1) is 7.18. The second-order valence-corrected chi connectivity index (χ2v) is 4.07. The van der Waals surface area contributed by atoms with Crippen LogP contribution in [0.4, 0.5) is 0 Å². The van der Waals surface area contributed by atoms with Gasteiger partial charge in [0, 0.05) is 11.8 Å². The molecule has 2 aromatic rings. The minimum absolute atomic E-state index is 0.342. The fourth-order valence-corrected chi connectivity index (χ4v) is 1.75. The third kappa shape index (κ3) is 2.14. The van der Waals surface area contributed by atoms with Crippen LogP contribution < -0.4 is 0 Å². The number of aryl methyl sites for hydroxylation is 1. The van der Waals surface area contributed by atoms with Crippen LogP contribution in [0.15, 0.2) is 36.5 Å². The van der Waals surface area contributed by atoms with Crippen molar-refractivity contribution in [2.75, 3.05) is 0 Å². The first-order valence-electron chi connectivity index (χ1n) is 4.55. The van der Waals surface area contributed by atoms with Crippen LogP contribution in [0.1, 0.15) is 5.56 Å². The maximum absolute atomic E-state index is 6.07. The van der Waals surface area contributed by atoms with Crippen LogP contribution in [-0.2, 0) is 0 Å². The number of benzene rings is 1. The topological polar surface area (TPSA) is 12.9 Å². The Labute approximate surface area is 98.7 Å². The van der Waals surface area contributed by atoms with E-state index in [0.29, 0.717) is 10.2 Å². The molecule has 0 unspecified atom stereocenters. The van der Waals surface area contributed by atoms with E-state index in [9.17, 15) is 0 Å². The van der Waals surface area contributed by atoms with Gasteiger partial charge in [0.1, 0.15) is 5.15 Å². The molecule has 0 spiro atoms. The maximum Gasteiger partial charge on any atom is 0.148 e. The number of nitrogens with zero attached hydrogens (tertiary/aromatic N) is 1. The van der Waals surface area contributed by atoms with Gasteiger partial charge in [-0.05, 0) is 18.6 Å². The van der Waals surface area contributed by atoms with Crippen LogP contribution in [0.2, 0.25) is 10.2 Å². The lowest BCUT2D eigenvalue weighted by molar-refractivity contribution is 1.33. The number of hydrogen-bond acceptors (Lipinski definition) is 1. The van der Waals surface area contributed by atoms with Gasteiger partial charge in [0.05, 0.1) is 5.02 Å². The molecular formula is C12H9Cl2N. The highest BCUT2D eigenvalue weighted by Crippen LogP contribution is 2.31. The molecule has 2 rings (SSSR count). The summed E-state index contributed by atoms with van der Waals surface area (Å²) in [6, 6.07) is 9.98. The lowest BCUT2D eigenvalue weighted by atomic mass is 10.1. The number of aromatic nitrogens is 1. The minimum Gasteiger partial charge on any atom is -0.243 e. The Hall–Kier alpha value is -1.05. The highest BCUT2D eigenvalue weighted by atomic mass is 35.5. The van der Waals surface area contributed by atoms with Crippen LogP contribution in [-0.4, -0.2) is 4.98 Å². The van der Waals surface area contributed by atoms with Gasteiger partial charge in [-0.25, -0.2) is 4.98 Å². The molecule has 0 N–H and O–H groups in total. The van der Waals surface area contributed by atoms with Crippen molar-refractivity contribution < 1.29 is 0 Å².